The number of hydrogen-bond acceptors (Lipinski definition) is 3. The van der Waals surface area contributed by atoms with E-state index in [-0.39, 0.29) is 0 Å². The van der Waals surface area contributed by atoms with Crippen molar-refractivity contribution in [2.24, 2.45) is 17.4 Å². The Labute approximate surface area is 104 Å². The van der Waals surface area contributed by atoms with Gasteiger partial charge in [0.25, 0.3) is 0 Å². The molecule has 1 rings (SSSR count). The standard InChI is InChI=1S/C14H24N2O/c1-10-6-13(17-3)7-11(2)14(10)5-4-12(8-15)9-16/h6-7,12H,4-5,8-9,15-16H2,1-3H3. The normalized spacial score (nSPS) is 10.9. The van der Waals surface area contributed by atoms with Crippen molar-refractivity contribution >= 4 is 0 Å². The maximum absolute atomic E-state index is 5.67. The van der Waals surface area contributed by atoms with E-state index in [9.17, 15) is 0 Å². The van der Waals surface area contributed by atoms with Crippen molar-refractivity contribution in [3.63, 3.8) is 0 Å². The first-order chi connectivity index (χ1) is 8.12. The molecule has 0 radical (unpaired) electrons. The highest BCUT2D eigenvalue weighted by atomic mass is 16.5. The van der Waals surface area contributed by atoms with E-state index >= 15 is 0 Å². The molecule has 0 saturated heterocycles. The molecule has 0 aliphatic carbocycles. The van der Waals surface area contributed by atoms with Gasteiger partial charge in [0.05, 0.1) is 7.11 Å². The zero-order valence-corrected chi connectivity index (χ0v) is 11.1. The summed E-state index contributed by atoms with van der Waals surface area (Å²) in [5.41, 5.74) is 15.3. The van der Waals surface area contributed by atoms with Crippen LogP contribution in [0.1, 0.15) is 23.1 Å². The summed E-state index contributed by atoms with van der Waals surface area (Å²) >= 11 is 0. The van der Waals surface area contributed by atoms with Crippen molar-refractivity contribution in [1.82, 2.24) is 0 Å². The van der Waals surface area contributed by atoms with Crippen molar-refractivity contribution < 1.29 is 4.74 Å². The van der Waals surface area contributed by atoms with Crippen LogP contribution in [0.2, 0.25) is 0 Å². The molecule has 1 aromatic carbocycles. The van der Waals surface area contributed by atoms with Gasteiger partial charge < -0.3 is 16.2 Å². The zero-order valence-electron chi connectivity index (χ0n) is 11.1. The van der Waals surface area contributed by atoms with Crippen molar-refractivity contribution in [2.45, 2.75) is 26.7 Å². The average Bonchev–Trinajstić information content (AvgIpc) is 2.32. The lowest BCUT2D eigenvalue weighted by Gasteiger charge is -2.15. The Bertz CT molecular complexity index is 336. The molecule has 4 N–H and O–H groups in total. The lowest BCUT2D eigenvalue weighted by atomic mass is 9.93. The van der Waals surface area contributed by atoms with Crippen LogP contribution in [0.4, 0.5) is 0 Å². The average molecular weight is 236 g/mol. The third-order valence-corrected chi connectivity index (χ3v) is 3.37. The van der Waals surface area contributed by atoms with Crippen LogP contribution in [-0.2, 0) is 6.42 Å². The lowest BCUT2D eigenvalue weighted by Crippen LogP contribution is -2.23. The van der Waals surface area contributed by atoms with Gasteiger partial charge in [-0.25, -0.2) is 0 Å². The maximum Gasteiger partial charge on any atom is 0.119 e. The van der Waals surface area contributed by atoms with E-state index < -0.39 is 0 Å². The molecule has 3 nitrogen and oxygen atoms in total. The minimum absolute atomic E-state index is 0.427. The maximum atomic E-state index is 5.67. The number of benzene rings is 1. The molecule has 3 heteroatoms. The number of aryl methyl sites for hydroxylation is 2. The van der Waals surface area contributed by atoms with Gasteiger partial charge in [-0.2, -0.15) is 0 Å². The van der Waals surface area contributed by atoms with Crippen LogP contribution in [0.15, 0.2) is 12.1 Å². The Morgan fingerprint density at radius 2 is 1.65 bits per heavy atom. The quantitative estimate of drug-likeness (QED) is 0.791. The van der Waals surface area contributed by atoms with Gasteiger partial charge in [0.2, 0.25) is 0 Å². The number of methoxy groups -OCH3 is 1. The van der Waals surface area contributed by atoms with Crippen LogP contribution in [0.5, 0.6) is 5.75 Å². The summed E-state index contributed by atoms with van der Waals surface area (Å²) in [6.07, 6.45) is 2.10. The highest BCUT2D eigenvalue weighted by Crippen LogP contribution is 2.23. The summed E-state index contributed by atoms with van der Waals surface area (Å²) in [4.78, 5) is 0. The van der Waals surface area contributed by atoms with Crippen LogP contribution in [-0.4, -0.2) is 20.2 Å². The summed E-state index contributed by atoms with van der Waals surface area (Å²) in [6, 6.07) is 4.17. The largest absolute Gasteiger partial charge is 0.497 e. The highest BCUT2D eigenvalue weighted by Gasteiger charge is 2.09. The Hall–Kier alpha value is -1.06. The van der Waals surface area contributed by atoms with Crippen LogP contribution in [0, 0.1) is 19.8 Å². The van der Waals surface area contributed by atoms with Crippen molar-refractivity contribution in [2.75, 3.05) is 20.2 Å². The SMILES string of the molecule is COc1cc(C)c(CCC(CN)CN)c(C)c1. The molecule has 1 aromatic rings. The van der Waals surface area contributed by atoms with Crippen molar-refractivity contribution in [3.8, 4) is 5.75 Å². The van der Waals surface area contributed by atoms with Gasteiger partial charge in [0.15, 0.2) is 0 Å². The molecule has 0 fully saturated rings. The fourth-order valence-electron chi connectivity index (χ4n) is 2.15. The molecule has 0 unspecified atom stereocenters. The first-order valence-corrected chi connectivity index (χ1v) is 6.16. The summed E-state index contributed by atoms with van der Waals surface area (Å²) in [5.74, 6) is 1.36. The summed E-state index contributed by atoms with van der Waals surface area (Å²) in [6.45, 7) is 5.60. The predicted molar refractivity (Wildman–Crippen MR) is 72.4 cm³/mol. The van der Waals surface area contributed by atoms with E-state index in [1.807, 2.05) is 0 Å². The highest BCUT2D eigenvalue weighted by molar-refractivity contribution is 5.41. The molecule has 96 valence electrons. The second kappa shape index (κ2) is 6.62. The van der Waals surface area contributed by atoms with Crippen LogP contribution in [0.3, 0.4) is 0 Å². The predicted octanol–water partition coefficient (Wildman–Crippen LogP) is 1.78. The first kappa shape index (κ1) is 14.0. The van der Waals surface area contributed by atoms with Gasteiger partial charge >= 0.3 is 0 Å². The van der Waals surface area contributed by atoms with Crippen molar-refractivity contribution in [1.29, 1.82) is 0 Å². The van der Waals surface area contributed by atoms with Gasteiger partial charge in [0, 0.05) is 0 Å². The molecule has 0 aliphatic heterocycles. The van der Waals surface area contributed by atoms with E-state index in [4.69, 9.17) is 16.2 Å². The minimum atomic E-state index is 0.427. The van der Waals surface area contributed by atoms with E-state index in [0.29, 0.717) is 19.0 Å². The monoisotopic (exact) mass is 236 g/mol. The molecule has 0 bridgehead atoms. The minimum Gasteiger partial charge on any atom is -0.497 e. The molecular weight excluding hydrogens is 212 g/mol. The third-order valence-electron chi connectivity index (χ3n) is 3.37. The molecule has 0 saturated carbocycles. The van der Waals surface area contributed by atoms with Gasteiger partial charge in [-0.1, -0.05) is 0 Å². The van der Waals surface area contributed by atoms with Gasteiger partial charge in [0.1, 0.15) is 5.75 Å². The van der Waals surface area contributed by atoms with E-state index in [0.717, 1.165) is 18.6 Å². The van der Waals surface area contributed by atoms with Crippen LogP contribution < -0.4 is 16.2 Å². The smallest absolute Gasteiger partial charge is 0.119 e. The Kier molecular flexibility index (Phi) is 5.45. The fraction of sp³-hybridized carbons (Fsp3) is 0.571. The third kappa shape index (κ3) is 3.72. The molecular formula is C14H24N2O. The summed E-state index contributed by atoms with van der Waals surface area (Å²) in [7, 11) is 1.70. The van der Waals surface area contributed by atoms with Gasteiger partial charge in [-0.05, 0) is 74.5 Å². The topological polar surface area (TPSA) is 61.3 Å². The summed E-state index contributed by atoms with van der Waals surface area (Å²) < 4.78 is 5.26. The Balaban J connectivity index is 2.77. The van der Waals surface area contributed by atoms with Crippen molar-refractivity contribution in [3.05, 3.63) is 28.8 Å². The van der Waals surface area contributed by atoms with E-state index in [1.165, 1.54) is 16.7 Å². The lowest BCUT2D eigenvalue weighted by molar-refractivity contribution is 0.413. The Morgan fingerprint density at radius 3 is 2.06 bits per heavy atom. The van der Waals surface area contributed by atoms with Crippen LogP contribution >= 0.6 is 0 Å². The van der Waals surface area contributed by atoms with Gasteiger partial charge in [-0.15, -0.1) is 0 Å². The van der Waals surface area contributed by atoms with Crippen LogP contribution in [0.25, 0.3) is 0 Å². The van der Waals surface area contributed by atoms with E-state index in [1.54, 1.807) is 7.11 Å². The number of nitrogens with two attached hydrogens (primary N) is 2. The fourth-order valence-corrected chi connectivity index (χ4v) is 2.15. The number of rotatable bonds is 6. The van der Waals surface area contributed by atoms with Gasteiger partial charge in [-0.3, -0.25) is 0 Å². The second-order valence-corrected chi connectivity index (χ2v) is 4.62. The zero-order chi connectivity index (χ0) is 12.8. The number of hydrogen-bond donors (Lipinski definition) is 2. The molecule has 17 heavy (non-hydrogen) atoms. The van der Waals surface area contributed by atoms with E-state index in [2.05, 4.69) is 26.0 Å². The molecule has 0 spiro atoms. The molecule has 0 atom stereocenters. The molecule has 0 heterocycles. The first-order valence-electron chi connectivity index (χ1n) is 6.16. The Morgan fingerprint density at radius 1 is 1.12 bits per heavy atom. The number of ether oxygens (including phenoxy) is 1. The molecule has 0 aliphatic rings. The summed E-state index contributed by atoms with van der Waals surface area (Å²) in [5, 5.41) is 0. The molecule has 0 aromatic heterocycles. The second-order valence-electron chi connectivity index (χ2n) is 4.62. The molecule has 0 amide bonds.